The average Bonchev–Trinajstić information content (AvgIpc) is 3.57. The number of aromatic nitrogens is 5. The van der Waals surface area contributed by atoms with Crippen LogP contribution in [0.15, 0.2) is 59.9 Å². The van der Waals surface area contributed by atoms with E-state index in [1.165, 1.54) is 0 Å². The summed E-state index contributed by atoms with van der Waals surface area (Å²) in [5.74, 6) is 1.63. The maximum Gasteiger partial charge on any atom is 0.162 e. The molecule has 2 aromatic carbocycles. The molecular formula is C29H34ClN7O3. The molecule has 0 aliphatic carbocycles. The van der Waals surface area contributed by atoms with Crippen molar-refractivity contribution in [3.05, 3.63) is 82.7 Å². The highest BCUT2D eigenvalue weighted by Gasteiger charge is 2.26. The van der Waals surface area contributed by atoms with Crippen LogP contribution in [-0.2, 0) is 20.8 Å². The second-order valence-electron chi connectivity index (χ2n) is 9.45. The first-order valence-electron chi connectivity index (χ1n) is 13.4. The molecule has 1 aliphatic heterocycles. The third kappa shape index (κ3) is 6.48. The summed E-state index contributed by atoms with van der Waals surface area (Å²) in [4.78, 5) is 5.09. The topological polar surface area (TPSA) is 115 Å². The van der Waals surface area contributed by atoms with Crippen LogP contribution in [0.3, 0.4) is 0 Å². The van der Waals surface area contributed by atoms with Crippen molar-refractivity contribution in [1.82, 2.24) is 24.5 Å². The van der Waals surface area contributed by atoms with Gasteiger partial charge in [0.15, 0.2) is 5.82 Å². The first kappa shape index (κ1) is 28.1. The molecule has 0 unspecified atom stereocenters. The highest BCUT2D eigenvalue weighted by atomic mass is 35.5. The molecule has 2 N–H and O–H groups in total. The second-order valence-corrected chi connectivity index (χ2v) is 9.89. The van der Waals surface area contributed by atoms with E-state index in [1.807, 2.05) is 55.2 Å². The maximum atomic E-state index is 6.19. The zero-order valence-electron chi connectivity index (χ0n) is 22.8. The molecule has 40 heavy (non-hydrogen) atoms. The van der Waals surface area contributed by atoms with Crippen molar-refractivity contribution in [3.63, 3.8) is 0 Å². The molecule has 0 amide bonds. The minimum Gasteiger partial charge on any atom is -0.378 e. The number of hydrogen-bond acceptors (Lipinski definition) is 8. The van der Waals surface area contributed by atoms with Crippen molar-refractivity contribution < 1.29 is 14.2 Å². The van der Waals surface area contributed by atoms with Crippen LogP contribution in [0.5, 0.6) is 0 Å². The third-order valence-electron chi connectivity index (χ3n) is 6.59. The number of halogens is 1. The molecule has 3 heterocycles. The average molecular weight is 564 g/mol. The summed E-state index contributed by atoms with van der Waals surface area (Å²) in [6, 6.07) is 14.0. The number of ether oxygens (including phenoxy) is 3. The number of nitrogens with two attached hydrogens (primary N) is 1. The van der Waals surface area contributed by atoms with Crippen LogP contribution in [0, 0.1) is 6.92 Å². The number of nitrogens with zero attached hydrogens (tertiary/aromatic N) is 6. The summed E-state index contributed by atoms with van der Waals surface area (Å²) in [5, 5.41) is 14.0. The van der Waals surface area contributed by atoms with Crippen LogP contribution < -0.4 is 5.73 Å². The molecule has 11 heteroatoms. The van der Waals surface area contributed by atoms with Gasteiger partial charge < -0.3 is 19.9 Å². The van der Waals surface area contributed by atoms with Gasteiger partial charge in [-0.2, -0.15) is 5.10 Å². The zero-order chi connectivity index (χ0) is 27.9. The van der Waals surface area contributed by atoms with Crippen molar-refractivity contribution in [3.8, 4) is 16.8 Å². The molecule has 0 fully saturated rings. The normalized spacial score (nSPS) is 14.5. The van der Waals surface area contributed by atoms with Gasteiger partial charge in [-0.3, -0.25) is 14.2 Å². The minimum atomic E-state index is -0.166. The zero-order valence-corrected chi connectivity index (χ0v) is 23.5. The molecule has 10 nitrogen and oxygen atoms in total. The summed E-state index contributed by atoms with van der Waals surface area (Å²) in [6.07, 6.45) is 3.91. The lowest BCUT2D eigenvalue weighted by Crippen LogP contribution is -2.14. The number of aliphatic imine (C=N–C) groups is 1. The smallest absolute Gasteiger partial charge is 0.162 e. The Hall–Kier alpha value is -3.41. The Balaban J connectivity index is 1.30. The van der Waals surface area contributed by atoms with Gasteiger partial charge in [-0.15, -0.1) is 10.2 Å². The van der Waals surface area contributed by atoms with E-state index in [-0.39, 0.29) is 6.04 Å². The summed E-state index contributed by atoms with van der Waals surface area (Å²) in [6.45, 7) is 8.38. The van der Waals surface area contributed by atoms with E-state index in [0.29, 0.717) is 57.8 Å². The van der Waals surface area contributed by atoms with Crippen molar-refractivity contribution in [2.45, 2.75) is 26.4 Å². The minimum absolute atomic E-state index is 0.166. The van der Waals surface area contributed by atoms with E-state index in [2.05, 4.69) is 38.1 Å². The lowest BCUT2D eigenvalue weighted by Gasteiger charge is -2.14. The first-order valence-corrected chi connectivity index (χ1v) is 13.8. The van der Waals surface area contributed by atoms with Gasteiger partial charge in [-0.25, -0.2) is 0 Å². The molecule has 0 saturated carbocycles. The van der Waals surface area contributed by atoms with E-state index >= 15 is 0 Å². The van der Waals surface area contributed by atoms with Crippen molar-refractivity contribution in [1.29, 1.82) is 0 Å². The van der Waals surface area contributed by atoms with E-state index < -0.39 is 0 Å². The van der Waals surface area contributed by atoms with E-state index in [4.69, 9.17) is 36.5 Å². The summed E-state index contributed by atoms with van der Waals surface area (Å²) < 4.78 is 20.4. The summed E-state index contributed by atoms with van der Waals surface area (Å²) in [5.41, 5.74) is 11.3. The predicted molar refractivity (Wildman–Crippen MR) is 154 cm³/mol. The molecule has 210 valence electrons. The van der Waals surface area contributed by atoms with E-state index in [0.717, 1.165) is 45.3 Å². The Labute approximate surface area is 238 Å². The van der Waals surface area contributed by atoms with E-state index in [9.17, 15) is 0 Å². The molecule has 1 aliphatic rings. The summed E-state index contributed by atoms with van der Waals surface area (Å²) in [7, 11) is 0. The highest BCUT2D eigenvalue weighted by Crippen LogP contribution is 2.33. The van der Waals surface area contributed by atoms with Gasteiger partial charge in [0.2, 0.25) is 0 Å². The number of aryl methyl sites for hydroxylation is 1. The molecule has 5 rings (SSSR count). The Kier molecular flexibility index (Phi) is 9.35. The first-order chi connectivity index (χ1) is 19.5. The Morgan fingerprint density at radius 1 is 0.875 bits per heavy atom. The summed E-state index contributed by atoms with van der Waals surface area (Å²) >= 11 is 6.19. The van der Waals surface area contributed by atoms with Gasteiger partial charge in [-0.05, 0) is 43.7 Å². The van der Waals surface area contributed by atoms with Crippen LogP contribution in [0.1, 0.15) is 35.7 Å². The van der Waals surface area contributed by atoms with Gasteiger partial charge >= 0.3 is 0 Å². The van der Waals surface area contributed by atoms with Gasteiger partial charge in [0.25, 0.3) is 0 Å². The van der Waals surface area contributed by atoms with Gasteiger partial charge in [-0.1, -0.05) is 29.8 Å². The molecule has 1 atom stereocenters. The Morgan fingerprint density at radius 3 is 2.33 bits per heavy atom. The van der Waals surface area contributed by atoms with Gasteiger partial charge in [0.1, 0.15) is 11.9 Å². The van der Waals surface area contributed by atoms with Crippen molar-refractivity contribution >= 4 is 17.3 Å². The molecule has 0 spiro atoms. The molecule has 4 aromatic rings. The molecule has 0 bridgehead atoms. The molecule has 2 aromatic heterocycles. The number of rotatable bonds is 13. The standard InChI is InChI=1S/C29H34ClN7O3/c1-20-29-35-34-21(2)37(29)27-8-5-23(17-26(27)28(33-20)22-3-6-25(30)7-4-22)24-18-32-36(19-24)10-12-39-14-16-40-15-13-38-11-9-31/h3-8,17-20H,9-16,31H2,1-2H3/t20-/m0/s1. The lowest BCUT2D eigenvalue weighted by atomic mass is 9.96. The fraction of sp³-hybridized carbons (Fsp3) is 0.379. The number of hydrogen-bond donors (Lipinski definition) is 1. The second kappa shape index (κ2) is 13.3. The van der Waals surface area contributed by atoms with Gasteiger partial charge in [0.05, 0.1) is 63.8 Å². The number of fused-ring (bicyclic) bond motifs is 3. The predicted octanol–water partition coefficient (Wildman–Crippen LogP) is 4.01. The lowest BCUT2D eigenvalue weighted by molar-refractivity contribution is 0.0141. The fourth-order valence-corrected chi connectivity index (χ4v) is 4.75. The van der Waals surface area contributed by atoms with Crippen molar-refractivity contribution in [2.75, 3.05) is 46.2 Å². The van der Waals surface area contributed by atoms with Crippen LogP contribution in [0.2, 0.25) is 5.02 Å². The quantitative estimate of drug-likeness (QED) is 0.244. The molecule has 0 saturated heterocycles. The maximum absolute atomic E-state index is 6.19. The van der Waals surface area contributed by atoms with Gasteiger partial charge in [0, 0.05) is 34.5 Å². The van der Waals surface area contributed by atoms with Crippen LogP contribution in [0.4, 0.5) is 0 Å². The monoisotopic (exact) mass is 563 g/mol. The molecule has 0 radical (unpaired) electrons. The Bertz CT molecular complexity index is 1450. The van der Waals surface area contributed by atoms with Crippen molar-refractivity contribution in [2.24, 2.45) is 10.7 Å². The van der Waals surface area contributed by atoms with Crippen LogP contribution in [0.25, 0.3) is 16.8 Å². The fourth-order valence-electron chi connectivity index (χ4n) is 4.62. The Morgan fingerprint density at radius 2 is 1.57 bits per heavy atom. The van der Waals surface area contributed by atoms with E-state index in [1.54, 1.807) is 0 Å². The number of benzene rings is 2. The third-order valence-corrected chi connectivity index (χ3v) is 6.85. The molecular weight excluding hydrogens is 530 g/mol. The largest absolute Gasteiger partial charge is 0.378 e. The highest BCUT2D eigenvalue weighted by molar-refractivity contribution is 6.30. The SMILES string of the molecule is Cc1nnc2n1-c1ccc(-c3cnn(CCOCCOCCOCCN)c3)cc1C(c1ccc(Cl)cc1)=N[C@H]2C. The van der Waals surface area contributed by atoms with Crippen LogP contribution >= 0.6 is 11.6 Å². The van der Waals surface area contributed by atoms with Crippen LogP contribution in [-0.4, -0.2) is 76.4 Å².